The highest BCUT2D eigenvalue weighted by Crippen LogP contribution is 2.29. The molecule has 0 radical (unpaired) electrons. The molecule has 1 fully saturated rings. The second-order valence-electron chi connectivity index (χ2n) is 5.92. The molecule has 1 aromatic heterocycles. The van der Waals surface area contributed by atoms with Crippen LogP contribution in [0.3, 0.4) is 0 Å². The van der Waals surface area contributed by atoms with Crippen molar-refractivity contribution in [3.8, 4) is 0 Å². The molecule has 0 saturated heterocycles. The second-order valence-corrected chi connectivity index (χ2v) is 6.30. The van der Waals surface area contributed by atoms with Gasteiger partial charge < -0.3 is 5.32 Å². The van der Waals surface area contributed by atoms with Crippen molar-refractivity contribution in [3.05, 3.63) is 21.6 Å². The Hall–Kier alpha value is -1.03. The molecule has 20 heavy (non-hydrogen) atoms. The summed E-state index contributed by atoms with van der Waals surface area (Å²) in [5, 5.41) is 7.73. The van der Waals surface area contributed by atoms with Gasteiger partial charge in [0.25, 0.3) is 5.56 Å². The third-order valence-corrected chi connectivity index (χ3v) is 4.41. The highest BCUT2D eigenvalue weighted by Gasteiger charge is 2.19. The minimum Gasteiger partial charge on any atom is -0.382 e. The van der Waals surface area contributed by atoms with Crippen molar-refractivity contribution in [2.24, 2.45) is 11.8 Å². The molecule has 1 heterocycles. The van der Waals surface area contributed by atoms with Gasteiger partial charge in [0.2, 0.25) is 0 Å². The summed E-state index contributed by atoms with van der Waals surface area (Å²) >= 11 is 6.14. The number of nitrogens with one attached hydrogen (secondary N) is 1. The molecule has 112 valence electrons. The lowest BCUT2D eigenvalue weighted by molar-refractivity contribution is 0.293. The van der Waals surface area contributed by atoms with Crippen molar-refractivity contribution in [1.29, 1.82) is 0 Å². The lowest BCUT2D eigenvalue weighted by Gasteiger charge is -2.27. The van der Waals surface area contributed by atoms with Crippen molar-refractivity contribution in [1.82, 2.24) is 9.78 Å². The first-order valence-corrected chi connectivity index (χ1v) is 7.99. The zero-order valence-corrected chi connectivity index (χ0v) is 13.1. The van der Waals surface area contributed by atoms with E-state index in [9.17, 15) is 4.79 Å². The summed E-state index contributed by atoms with van der Waals surface area (Å²) in [4.78, 5) is 12.0. The molecule has 0 amide bonds. The van der Waals surface area contributed by atoms with E-state index in [2.05, 4.69) is 17.3 Å². The van der Waals surface area contributed by atoms with Gasteiger partial charge in [-0.15, -0.1) is 0 Å². The molecular weight excluding hydrogens is 274 g/mol. The van der Waals surface area contributed by atoms with Gasteiger partial charge in [0, 0.05) is 13.1 Å². The van der Waals surface area contributed by atoms with Crippen molar-refractivity contribution in [3.63, 3.8) is 0 Å². The van der Waals surface area contributed by atoms with E-state index in [1.54, 1.807) is 6.20 Å². The Morgan fingerprint density at radius 3 is 3.00 bits per heavy atom. The van der Waals surface area contributed by atoms with Gasteiger partial charge in [-0.05, 0) is 31.1 Å². The Labute approximate surface area is 125 Å². The molecule has 0 aromatic carbocycles. The van der Waals surface area contributed by atoms with Crippen LogP contribution in [0.5, 0.6) is 0 Å². The number of aromatic nitrogens is 2. The Morgan fingerprint density at radius 2 is 2.30 bits per heavy atom. The van der Waals surface area contributed by atoms with Crippen LogP contribution in [0.4, 0.5) is 5.69 Å². The molecule has 0 bridgehead atoms. The normalized spacial score (nSPS) is 22.8. The van der Waals surface area contributed by atoms with Crippen LogP contribution in [0.1, 0.15) is 46.0 Å². The molecule has 4 nitrogen and oxygen atoms in total. The average molecular weight is 298 g/mol. The molecule has 5 heteroatoms. The van der Waals surface area contributed by atoms with Crippen LogP contribution in [0.15, 0.2) is 11.0 Å². The van der Waals surface area contributed by atoms with Crippen molar-refractivity contribution in [2.45, 2.75) is 52.5 Å². The number of anilines is 1. The summed E-state index contributed by atoms with van der Waals surface area (Å²) in [6, 6.07) is 0. The number of aryl methyl sites for hydroxylation is 1. The van der Waals surface area contributed by atoms with Gasteiger partial charge in [0.05, 0.1) is 11.9 Å². The standard InChI is InChI=1S/C15H24ClN3O/c1-3-7-19-15(20)14(16)13(10-18-19)17-9-12-6-4-5-11(2)8-12/h10-12,17H,3-9H2,1-2H3. The third kappa shape index (κ3) is 3.75. The molecule has 2 rings (SSSR count). The fraction of sp³-hybridized carbons (Fsp3) is 0.733. The molecule has 1 N–H and O–H groups in total. The van der Waals surface area contributed by atoms with Gasteiger partial charge in [-0.25, -0.2) is 4.68 Å². The predicted octanol–water partition coefficient (Wildman–Crippen LogP) is 3.54. The molecule has 2 atom stereocenters. The summed E-state index contributed by atoms with van der Waals surface area (Å²) < 4.78 is 1.43. The van der Waals surface area contributed by atoms with Crippen LogP contribution < -0.4 is 10.9 Å². The minimum atomic E-state index is -0.199. The highest BCUT2D eigenvalue weighted by molar-refractivity contribution is 6.32. The fourth-order valence-corrected chi connectivity index (χ4v) is 3.17. The van der Waals surface area contributed by atoms with Gasteiger partial charge in [-0.2, -0.15) is 5.10 Å². The van der Waals surface area contributed by atoms with Gasteiger partial charge in [-0.3, -0.25) is 4.79 Å². The van der Waals surface area contributed by atoms with E-state index in [1.807, 2.05) is 6.92 Å². The van der Waals surface area contributed by atoms with Crippen molar-refractivity contribution in [2.75, 3.05) is 11.9 Å². The summed E-state index contributed by atoms with van der Waals surface area (Å²) in [5.74, 6) is 1.48. The maximum absolute atomic E-state index is 12.0. The van der Waals surface area contributed by atoms with E-state index >= 15 is 0 Å². The minimum absolute atomic E-state index is 0.199. The second kappa shape index (κ2) is 7.11. The summed E-state index contributed by atoms with van der Waals surface area (Å²) in [6.45, 7) is 5.81. The van der Waals surface area contributed by atoms with Crippen molar-refractivity contribution < 1.29 is 0 Å². The Bertz CT molecular complexity index is 500. The van der Waals surface area contributed by atoms with Crippen LogP contribution in [0, 0.1) is 11.8 Å². The van der Waals surface area contributed by atoms with Crippen LogP contribution in [-0.2, 0) is 6.54 Å². The lowest BCUT2D eigenvalue weighted by Crippen LogP contribution is -2.26. The van der Waals surface area contributed by atoms with E-state index in [1.165, 1.54) is 30.4 Å². The maximum Gasteiger partial charge on any atom is 0.287 e. The van der Waals surface area contributed by atoms with Crippen molar-refractivity contribution >= 4 is 17.3 Å². The van der Waals surface area contributed by atoms with Crippen LogP contribution in [0.2, 0.25) is 5.02 Å². The molecule has 1 aromatic rings. The maximum atomic E-state index is 12.0. The van der Waals surface area contributed by atoms with E-state index in [0.717, 1.165) is 18.9 Å². The number of halogens is 1. The molecule has 0 spiro atoms. The average Bonchev–Trinajstić information content (AvgIpc) is 2.43. The smallest absolute Gasteiger partial charge is 0.287 e. The summed E-state index contributed by atoms with van der Waals surface area (Å²) in [5.41, 5.74) is 0.470. The van der Waals surface area contributed by atoms with E-state index in [-0.39, 0.29) is 10.6 Å². The SMILES string of the molecule is CCCn1ncc(NCC2CCCC(C)C2)c(Cl)c1=O. The molecule has 1 aliphatic rings. The summed E-state index contributed by atoms with van der Waals surface area (Å²) in [7, 11) is 0. The first kappa shape index (κ1) is 15.4. The number of hydrogen-bond donors (Lipinski definition) is 1. The quantitative estimate of drug-likeness (QED) is 0.904. The summed E-state index contributed by atoms with van der Waals surface area (Å²) in [6.07, 6.45) is 7.70. The number of hydrogen-bond acceptors (Lipinski definition) is 3. The molecule has 2 unspecified atom stereocenters. The van der Waals surface area contributed by atoms with Gasteiger partial charge in [0.1, 0.15) is 5.02 Å². The highest BCUT2D eigenvalue weighted by atomic mass is 35.5. The van der Waals surface area contributed by atoms with E-state index in [4.69, 9.17) is 11.6 Å². The van der Waals surface area contributed by atoms with Gasteiger partial charge >= 0.3 is 0 Å². The zero-order chi connectivity index (χ0) is 14.5. The Morgan fingerprint density at radius 1 is 1.50 bits per heavy atom. The van der Waals surface area contributed by atoms with E-state index < -0.39 is 0 Å². The Kier molecular flexibility index (Phi) is 5.46. The lowest BCUT2D eigenvalue weighted by atomic mass is 9.82. The number of nitrogens with zero attached hydrogens (tertiary/aromatic N) is 2. The largest absolute Gasteiger partial charge is 0.382 e. The van der Waals surface area contributed by atoms with Crippen LogP contribution in [-0.4, -0.2) is 16.3 Å². The number of rotatable bonds is 5. The molecule has 1 aliphatic carbocycles. The zero-order valence-electron chi connectivity index (χ0n) is 12.4. The van der Waals surface area contributed by atoms with Gasteiger partial charge in [0.15, 0.2) is 0 Å². The first-order chi connectivity index (χ1) is 9.61. The molecule has 0 aliphatic heterocycles. The van der Waals surface area contributed by atoms with E-state index in [0.29, 0.717) is 18.2 Å². The molecule has 1 saturated carbocycles. The monoisotopic (exact) mass is 297 g/mol. The third-order valence-electron chi connectivity index (χ3n) is 4.05. The van der Waals surface area contributed by atoms with Crippen LogP contribution >= 0.6 is 11.6 Å². The van der Waals surface area contributed by atoms with Gasteiger partial charge in [-0.1, -0.05) is 38.3 Å². The fourth-order valence-electron chi connectivity index (χ4n) is 2.96. The Balaban J connectivity index is 1.99. The topological polar surface area (TPSA) is 46.9 Å². The molecular formula is C15H24ClN3O. The van der Waals surface area contributed by atoms with Crippen LogP contribution in [0.25, 0.3) is 0 Å². The predicted molar refractivity (Wildman–Crippen MR) is 83.4 cm³/mol. The first-order valence-electron chi connectivity index (χ1n) is 7.61.